The molecule has 0 aliphatic rings. The quantitative estimate of drug-likeness (QED) is 0.898. The van der Waals surface area contributed by atoms with E-state index >= 15 is 0 Å². The van der Waals surface area contributed by atoms with Crippen LogP contribution in [0.15, 0.2) is 36.4 Å². The standard InChI is InChI=1S/C12H10ClNO2S/c13-11-6-5-10(17-11)7-14-12(16)8-1-3-9(15)4-2-8/h1-6,15H,7H2,(H,14,16). The lowest BCUT2D eigenvalue weighted by Gasteiger charge is -2.03. The van der Waals surface area contributed by atoms with Crippen LogP contribution in [0.1, 0.15) is 15.2 Å². The molecule has 0 fully saturated rings. The van der Waals surface area contributed by atoms with Crippen LogP contribution in [-0.4, -0.2) is 11.0 Å². The van der Waals surface area contributed by atoms with E-state index < -0.39 is 0 Å². The number of phenolic OH excluding ortho intramolecular Hbond substituents is 1. The van der Waals surface area contributed by atoms with Gasteiger partial charge in [-0.15, -0.1) is 11.3 Å². The van der Waals surface area contributed by atoms with Gasteiger partial charge in [0.05, 0.1) is 10.9 Å². The van der Waals surface area contributed by atoms with Crippen LogP contribution in [0.5, 0.6) is 5.75 Å². The second-order valence-corrected chi connectivity index (χ2v) is 5.24. The SMILES string of the molecule is O=C(NCc1ccc(Cl)s1)c1ccc(O)cc1. The number of thiophene rings is 1. The van der Waals surface area contributed by atoms with Crippen molar-refractivity contribution in [1.29, 1.82) is 0 Å². The highest BCUT2D eigenvalue weighted by Gasteiger charge is 2.05. The summed E-state index contributed by atoms with van der Waals surface area (Å²) < 4.78 is 0.707. The van der Waals surface area contributed by atoms with Crippen molar-refractivity contribution in [3.63, 3.8) is 0 Å². The minimum atomic E-state index is -0.172. The van der Waals surface area contributed by atoms with Crippen molar-refractivity contribution in [2.24, 2.45) is 0 Å². The van der Waals surface area contributed by atoms with E-state index in [0.29, 0.717) is 16.4 Å². The van der Waals surface area contributed by atoms with Crippen LogP contribution in [0.2, 0.25) is 4.34 Å². The van der Waals surface area contributed by atoms with Crippen LogP contribution in [0, 0.1) is 0 Å². The zero-order valence-electron chi connectivity index (χ0n) is 8.81. The van der Waals surface area contributed by atoms with Gasteiger partial charge in [0.25, 0.3) is 5.91 Å². The highest BCUT2D eigenvalue weighted by molar-refractivity contribution is 7.16. The number of carbonyl (C=O) groups is 1. The van der Waals surface area contributed by atoms with Gasteiger partial charge in [-0.1, -0.05) is 11.6 Å². The van der Waals surface area contributed by atoms with Crippen molar-refractivity contribution in [1.82, 2.24) is 5.32 Å². The van der Waals surface area contributed by atoms with Gasteiger partial charge in [-0.25, -0.2) is 0 Å². The van der Waals surface area contributed by atoms with Crippen molar-refractivity contribution in [3.05, 3.63) is 51.2 Å². The number of rotatable bonds is 3. The fourth-order valence-corrected chi connectivity index (χ4v) is 2.36. The van der Waals surface area contributed by atoms with E-state index in [9.17, 15) is 4.79 Å². The van der Waals surface area contributed by atoms with E-state index in [1.54, 1.807) is 18.2 Å². The Labute approximate surface area is 108 Å². The number of hydrogen-bond donors (Lipinski definition) is 2. The number of hydrogen-bond acceptors (Lipinski definition) is 3. The first kappa shape index (κ1) is 12.0. The van der Waals surface area contributed by atoms with Crippen LogP contribution >= 0.6 is 22.9 Å². The molecule has 2 aromatic rings. The summed E-state index contributed by atoms with van der Waals surface area (Å²) in [6.45, 7) is 0.455. The summed E-state index contributed by atoms with van der Waals surface area (Å²) in [6.07, 6.45) is 0. The maximum Gasteiger partial charge on any atom is 0.251 e. The number of amides is 1. The predicted octanol–water partition coefficient (Wildman–Crippen LogP) is 3.04. The van der Waals surface area contributed by atoms with E-state index in [0.717, 1.165) is 4.88 Å². The third-order valence-electron chi connectivity index (χ3n) is 2.18. The molecule has 0 bridgehead atoms. The van der Waals surface area contributed by atoms with Gasteiger partial charge in [0.15, 0.2) is 0 Å². The highest BCUT2D eigenvalue weighted by Crippen LogP contribution is 2.21. The summed E-state index contributed by atoms with van der Waals surface area (Å²) in [5.41, 5.74) is 0.519. The molecule has 0 atom stereocenters. The van der Waals surface area contributed by atoms with Gasteiger partial charge < -0.3 is 10.4 Å². The minimum Gasteiger partial charge on any atom is -0.508 e. The summed E-state index contributed by atoms with van der Waals surface area (Å²) in [6, 6.07) is 9.80. The maximum absolute atomic E-state index is 11.7. The fraction of sp³-hybridized carbons (Fsp3) is 0.0833. The first-order valence-corrected chi connectivity index (χ1v) is 6.16. The van der Waals surface area contributed by atoms with Gasteiger partial charge in [0.1, 0.15) is 5.75 Å². The van der Waals surface area contributed by atoms with Gasteiger partial charge in [0.2, 0.25) is 0 Å². The van der Waals surface area contributed by atoms with E-state index in [1.165, 1.54) is 23.5 Å². The Kier molecular flexibility index (Phi) is 3.66. The molecule has 3 nitrogen and oxygen atoms in total. The zero-order chi connectivity index (χ0) is 12.3. The molecular formula is C12H10ClNO2S. The summed E-state index contributed by atoms with van der Waals surface area (Å²) in [4.78, 5) is 12.7. The van der Waals surface area contributed by atoms with Crippen molar-refractivity contribution < 1.29 is 9.90 Å². The molecular weight excluding hydrogens is 258 g/mol. The van der Waals surface area contributed by atoms with Gasteiger partial charge in [-0.05, 0) is 36.4 Å². The number of nitrogens with one attached hydrogen (secondary N) is 1. The molecule has 1 amide bonds. The Morgan fingerprint density at radius 3 is 2.53 bits per heavy atom. The fourth-order valence-electron chi connectivity index (χ4n) is 1.33. The van der Waals surface area contributed by atoms with E-state index in [-0.39, 0.29) is 11.7 Å². The smallest absolute Gasteiger partial charge is 0.251 e. The minimum absolute atomic E-state index is 0.145. The van der Waals surface area contributed by atoms with Crippen molar-refractivity contribution in [2.75, 3.05) is 0 Å². The second-order valence-electron chi connectivity index (χ2n) is 3.44. The number of benzene rings is 1. The van der Waals surface area contributed by atoms with Gasteiger partial charge in [-0.2, -0.15) is 0 Å². The molecule has 1 heterocycles. The van der Waals surface area contributed by atoms with Gasteiger partial charge >= 0.3 is 0 Å². The maximum atomic E-state index is 11.7. The molecule has 0 saturated carbocycles. The lowest BCUT2D eigenvalue weighted by Crippen LogP contribution is -2.22. The Balaban J connectivity index is 1.95. The predicted molar refractivity (Wildman–Crippen MR) is 68.6 cm³/mol. The zero-order valence-corrected chi connectivity index (χ0v) is 10.4. The lowest BCUT2D eigenvalue weighted by atomic mass is 10.2. The molecule has 0 radical (unpaired) electrons. The monoisotopic (exact) mass is 267 g/mol. The lowest BCUT2D eigenvalue weighted by molar-refractivity contribution is 0.0951. The third-order valence-corrected chi connectivity index (χ3v) is 3.41. The number of halogens is 1. The van der Waals surface area contributed by atoms with Crippen molar-refractivity contribution >= 4 is 28.8 Å². The van der Waals surface area contributed by atoms with Crippen LogP contribution in [-0.2, 0) is 6.54 Å². The van der Waals surface area contributed by atoms with Crippen molar-refractivity contribution in [3.8, 4) is 5.75 Å². The normalized spacial score (nSPS) is 10.2. The third kappa shape index (κ3) is 3.22. The molecule has 0 saturated heterocycles. The summed E-state index contributed by atoms with van der Waals surface area (Å²) in [5, 5.41) is 11.9. The molecule has 0 spiro atoms. The Bertz CT molecular complexity index is 522. The Morgan fingerprint density at radius 2 is 1.94 bits per heavy atom. The molecule has 88 valence electrons. The van der Waals surface area contributed by atoms with E-state index in [1.807, 2.05) is 6.07 Å². The summed E-state index contributed by atoms with van der Waals surface area (Å²) in [7, 11) is 0. The highest BCUT2D eigenvalue weighted by atomic mass is 35.5. The van der Waals surface area contributed by atoms with Crippen LogP contribution in [0.4, 0.5) is 0 Å². The molecule has 1 aromatic carbocycles. The summed E-state index contributed by atoms with van der Waals surface area (Å²) in [5.74, 6) is -0.0267. The molecule has 0 unspecified atom stereocenters. The van der Waals surface area contributed by atoms with Crippen LogP contribution in [0.25, 0.3) is 0 Å². The number of phenols is 1. The second kappa shape index (κ2) is 5.21. The number of aromatic hydroxyl groups is 1. The van der Waals surface area contributed by atoms with Crippen molar-refractivity contribution in [2.45, 2.75) is 6.54 Å². The molecule has 0 aliphatic heterocycles. The molecule has 1 aromatic heterocycles. The average molecular weight is 268 g/mol. The molecule has 5 heteroatoms. The largest absolute Gasteiger partial charge is 0.508 e. The average Bonchev–Trinajstić information content (AvgIpc) is 2.73. The number of carbonyl (C=O) groups excluding carboxylic acids is 1. The topological polar surface area (TPSA) is 49.3 Å². The first-order valence-electron chi connectivity index (χ1n) is 4.96. The van der Waals surface area contributed by atoms with E-state index in [2.05, 4.69) is 5.32 Å². The molecule has 17 heavy (non-hydrogen) atoms. The van der Waals surface area contributed by atoms with E-state index in [4.69, 9.17) is 16.7 Å². The Morgan fingerprint density at radius 1 is 1.24 bits per heavy atom. The molecule has 2 rings (SSSR count). The van der Waals surface area contributed by atoms with Gasteiger partial charge in [-0.3, -0.25) is 4.79 Å². The Hall–Kier alpha value is -1.52. The molecule has 0 aliphatic carbocycles. The van der Waals surface area contributed by atoms with Crippen LogP contribution < -0.4 is 5.32 Å². The molecule has 2 N–H and O–H groups in total. The van der Waals surface area contributed by atoms with Gasteiger partial charge in [0, 0.05) is 10.4 Å². The van der Waals surface area contributed by atoms with Crippen LogP contribution in [0.3, 0.4) is 0 Å². The summed E-state index contributed by atoms with van der Waals surface area (Å²) >= 11 is 7.23. The first-order chi connectivity index (χ1) is 8.15.